The number of aromatic nitrogens is 1. The largest absolute Gasteiger partial charge is 0.479 e. The van der Waals surface area contributed by atoms with Gasteiger partial charge in [0.2, 0.25) is 0 Å². The number of aliphatic carboxylic acids is 1. The number of benzene rings is 2. The fourth-order valence-corrected chi connectivity index (χ4v) is 6.53. The Labute approximate surface area is 226 Å². The first-order chi connectivity index (χ1) is 18.0. The van der Waals surface area contributed by atoms with Gasteiger partial charge in [0.25, 0.3) is 0 Å². The molecule has 2 aromatic carbocycles. The average molecular weight is 540 g/mol. The van der Waals surface area contributed by atoms with Gasteiger partial charge in [-0.15, -0.1) is 23.5 Å². The Bertz CT molecular complexity index is 1140. The Hall–Kier alpha value is -2.81. The zero-order valence-corrected chi connectivity index (χ0v) is 22.5. The number of methoxy groups -OCH3 is 1. The molecular weight excluding hydrogens is 506 g/mol. The Morgan fingerprint density at radius 1 is 0.865 bits per heavy atom. The van der Waals surface area contributed by atoms with Gasteiger partial charge in [-0.2, -0.15) is 0 Å². The minimum Gasteiger partial charge on any atom is -0.479 e. The van der Waals surface area contributed by atoms with E-state index in [0.717, 1.165) is 41.7 Å². The van der Waals surface area contributed by atoms with Crippen molar-refractivity contribution in [3.05, 3.63) is 89.7 Å². The molecule has 2 unspecified atom stereocenters. The van der Waals surface area contributed by atoms with E-state index in [0.29, 0.717) is 10.6 Å². The molecule has 3 rings (SSSR count). The van der Waals surface area contributed by atoms with E-state index in [1.54, 1.807) is 36.2 Å². The number of pyridine rings is 1. The summed E-state index contributed by atoms with van der Waals surface area (Å²) in [4.78, 5) is 29.7. The lowest BCUT2D eigenvalue weighted by Crippen LogP contribution is -2.29. The predicted molar refractivity (Wildman–Crippen MR) is 149 cm³/mol. The van der Waals surface area contributed by atoms with Crippen LogP contribution in [0.15, 0.2) is 82.7 Å². The highest BCUT2D eigenvalue weighted by Gasteiger charge is 2.34. The molecule has 8 heteroatoms. The van der Waals surface area contributed by atoms with E-state index in [2.05, 4.69) is 29.2 Å². The Morgan fingerprint density at radius 2 is 1.54 bits per heavy atom. The maximum absolute atomic E-state index is 12.1. The number of aryl methyl sites for hydroxylation is 1. The van der Waals surface area contributed by atoms with Gasteiger partial charge in [0.1, 0.15) is 0 Å². The van der Waals surface area contributed by atoms with Crippen LogP contribution in [0.25, 0.3) is 0 Å². The first kappa shape index (κ1) is 28.8. The third-order valence-corrected chi connectivity index (χ3v) is 8.41. The van der Waals surface area contributed by atoms with Gasteiger partial charge in [0.15, 0.2) is 6.10 Å². The second-order valence-electron chi connectivity index (χ2n) is 8.57. The van der Waals surface area contributed by atoms with Gasteiger partial charge >= 0.3 is 11.9 Å². The molecule has 0 radical (unpaired) electrons. The van der Waals surface area contributed by atoms with E-state index in [9.17, 15) is 19.8 Å². The van der Waals surface area contributed by atoms with Crippen molar-refractivity contribution < 1.29 is 24.5 Å². The van der Waals surface area contributed by atoms with Gasteiger partial charge < -0.3 is 14.9 Å². The van der Waals surface area contributed by atoms with Crippen LogP contribution in [0.1, 0.15) is 59.0 Å². The van der Waals surface area contributed by atoms with Crippen LogP contribution in [0, 0.1) is 0 Å². The molecule has 0 aliphatic rings. The highest BCUT2D eigenvalue weighted by atomic mass is 32.2. The number of rotatable bonds is 16. The highest BCUT2D eigenvalue weighted by molar-refractivity contribution is 8.00. The first-order valence-corrected chi connectivity index (χ1v) is 14.2. The molecule has 1 aromatic heterocycles. The minimum absolute atomic E-state index is 0.121. The van der Waals surface area contributed by atoms with Crippen molar-refractivity contribution in [3.63, 3.8) is 0 Å². The zero-order chi connectivity index (χ0) is 26.5. The van der Waals surface area contributed by atoms with Gasteiger partial charge in [0.05, 0.1) is 16.5 Å². The number of hydrogen-bond donors (Lipinski definition) is 2. The molecule has 0 saturated heterocycles. The number of carboxylic acid groups (broad SMARTS) is 2. The lowest BCUT2D eigenvalue weighted by Gasteiger charge is -2.24. The van der Waals surface area contributed by atoms with Crippen LogP contribution in [0.2, 0.25) is 0 Å². The zero-order valence-electron chi connectivity index (χ0n) is 20.9. The standard InChI is InChI=1S/C29H33NO5S2/c1-35-26(29(33)34)27(37-23-17-10-9-16-22(23)28(31)32)25-24(18-12-19-30-25)36-20-11-4-2-3-6-13-21-14-7-5-8-15-21/h5,7-10,12,14-19,26-27H,2-4,6,11,13,20H2,1H3,(H,31,32)(H,33,34). The van der Waals surface area contributed by atoms with Crippen molar-refractivity contribution in [2.75, 3.05) is 12.9 Å². The summed E-state index contributed by atoms with van der Waals surface area (Å²) in [5, 5.41) is 18.7. The van der Waals surface area contributed by atoms with Crippen molar-refractivity contribution in [3.8, 4) is 0 Å². The van der Waals surface area contributed by atoms with Gasteiger partial charge in [-0.05, 0) is 54.8 Å². The van der Waals surface area contributed by atoms with Crippen LogP contribution in [-0.4, -0.2) is 46.1 Å². The third kappa shape index (κ3) is 8.91. The van der Waals surface area contributed by atoms with Crippen molar-refractivity contribution in [2.24, 2.45) is 0 Å². The van der Waals surface area contributed by atoms with E-state index in [1.807, 2.05) is 18.2 Å². The van der Waals surface area contributed by atoms with Crippen LogP contribution >= 0.6 is 23.5 Å². The molecule has 2 atom stereocenters. The van der Waals surface area contributed by atoms with Crippen LogP contribution in [0.4, 0.5) is 0 Å². The number of nitrogens with zero attached hydrogens (tertiary/aromatic N) is 1. The highest BCUT2D eigenvalue weighted by Crippen LogP contribution is 2.43. The number of hydrogen-bond acceptors (Lipinski definition) is 6. The summed E-state index contributed by atoms with van der Waals surface area (Å²) >= 11 is 2.82. The molecular formula is C29H33NO5S2. The molecule has 0 aliphatic carbocycles. The number of aromatic carboxylic acids is 1. The summed E-state index contributed by atoms with van der Waals surface area (Å²) in [7, 11) is 1.35. The number of ether oxygens (including phenoxy) is 1. The monoisotopic (exact) mass is 539 g/mol. The van der Waals surface area contributed by atoms with Crippen molar-refractivity contribution in [1.29, 1.82) is 0 Å². The van der Waals surface area contributed by atoms with E-state index in [1.165, 1.54) is 38.0 Å². The fourth-order valence-electron chi connectivity index (χ4n) is 4.02. The Morgan fingerprint density at radius 3 is 2.27 bits per heavy atom. The van der Waals surface area contributed by atoms with Gasteiger partial charge in [-0.3, -0.25) is 4.98 Å². The average Bonchev–Trinajstić information content (AvgIpc) is 2.91. The van der Waals surface area contributed by atoms with E-state index in [-0.39, 0.29) is 5.56 Å². The molecule has 1 heterocycles. The van der Waals surface area contributed by atoms with Gasteiger partial charge in [-0.1, -0.05) is 61.7 Å². The SMILES string of the molecule is COC(C(=O)O)C(Sc1ccccc1C(=O)O)c1ncccc1SCCCCCCCc1ccccc1. The van der Waals surface area contributed by atoms with Crippen LogP contribution in [0.3, 0.4) is 0 Å². The van der Waals surface area contributed by atoms with E-state index >= 15 is 0 Å². The van der Waals surface area contributed by atoms with Gasteiger partial charge in [-0.25, -0.2) is 9.59 Å². The summed E-state index contributed by atoms with van der Waals surface area (Å²) in [6.45, 7) is 0. The van der Waals surface area contributed by atoms with Gasteiger partial charge in [0, 0.05) is 23.1 Å². The van der Waals surface area contributed by atoms with Crippen LogP contribution in [0.5, 0.6) is 0 Å². The van der Waals surface area contributed by atoms with Crippen molar-refractivity contribution in [2.45, 2.75) is 59.7 Å². The second kappa shape index (κ2) is 15.4. The molecule has 0 spiro atoms. The summed E-state index contributed by atoms with van der Waals surface area (Å²) in [6, 6.07) is 20.9. The lowest BCUT2D eigenvalue weighted by atomic mass is 10.1. The maximum Gasteiger partial charge on any atom is 0.336 e. The molecule has 0 bridgehead atoms. The third-order valence-electron chi connectivity index (χ3n) is 5.92. The number of thioether (sulfide) groups is 2. The summed E-state index contributed by atoms with van der Waals surface area (Å²) in [5.74, 6) is -1.29. The molecule has 0 saturated carbocycles. The summed E-state index contributed by atoms with van der Waals surface area (Å²) < 4.78 is 5.35. The lowest BCUT2D eigenvalue weighted by molar-refractivity contribution is -0.148. The van der Waals surface area contributed by atoms with E-state index in [4.69, 9.17) is 4.74 Å². The summed E-state index contributed by atoms with van der Waals surface area (Å²) in [5.41, 5.74) is 2.10. The van der Waals surface area contributed by atoms with Crippen molar-refractivity contribution in [1.82, 2.24) is 4.98 Å². The minimum atomic E-state index is -1.19. The maximum atomic E-state index is 12.1. The first-order valence-electron chi connectivity index (χ1n) is 12.4. The smallest absolute Gasteiger partial charge is 0.336 e. The molecule has 0 aliphatic heterocycles. The molecule has 0 amide bonds. The number of carbonyl (C=O) groups is 2. The molecule has 196 valence electrons. The molecule has 3 aromatic rings. The predicted octanol–water partition coefficient (Wildman–Crippen LogP) is 7.00. The quantitative estimate of drug-likeness (QED) is 0.148. The Balaban J connectivity index is 1.62. The topological polar surface area (TPSA) is 96.7 Å². The second-order valence-corrected chi connectivity index (χ2v) is 10.9. The molecule has 6 nitrogen and oxygen atoms in total. The number of unbranched alkanes of at least 4 members (excludes halogenated alkanes) is 4. The molecule has 0 fully saturated rings. The Kier molecular flexibility index (Phi) is 12.0. The van der Waals surface area contributed by atoms with Crippen molar-refractivity contribution >= 4 is 35.5 Å². The summed E-state index contributed by atoms with van der Waals surface area (Å²) in [6.07, 6.45) is 7.32. The fraction of sp³-hybridized carbons (Fsp3) is 0.345. The normalized spacial score (nSPS) is 12.7. The number of carboxylic acids is 2. The molecule has 2 N–H and O–H groups in total. The van der Waals surface area contributed by atoms with Crippen LogP contribution in [-0.2, 0) is 16.0 Å². The van der Waals surface area contributed by atoms with E-state index < -0.39 is 23.3 Å². The molecule has 37 heavy (non-hydrogen) atoms. The van der Waals surface area contributed by atoms with Crippen LogP contribution < -0.4 is 0 Å².